The second kappa shape index (κ2) is 13.5. The van der Waals surface area contributed by atoms with Crippen molar-refractivity contribution in [2.24, 2.45) is 76.4 Å². The molecule has 3 nitrogen and oxygen atoms in total. The summed E-state index contributed by atoms with van der Waals surface area (Å²) in [6.45, 7) is 0. The van der Waals surface area contributed by atoms with Gasteiger partial charge in [-0.15, -0.1) is 0 Å². The lowest BCUT2D eigenvalue weighted by Gasteiger charge is -2.55. The quantitative estimate of drug-likeness (QED) is 0.291. The molecule has 0 aromatic carbocycles. The van der Waals surface area contributed by atoms with Crippen LogP contribution < -0.4 is 0 Å². The summed E-state index contributed by atoms with van der Waals surface area (Å²) in [4.78, 5) is 3.40. The van der Waals surface area contributed by atoms with E-state index in [9.17, 15) is 0 Å². The van der Waals surface area contributed by atoms with Crippen LogP contribution in [0.2, 0.25) is 0 Å². The fraction of sp³-hybridized carbons (Fsp3) is 1.00. The molecule has 3 heteroatoms. The minimum atomic E-state index is 0.512. The molecule has 2 saturated heterocycles. The molecular weight excluding hydrogens is 635 g/mol. The number of hydrogen-bond acceptors (Lipinski definition) is 3. The summed E-state index contributed by atoms with van der Waals surface area (Å²) in [6.07, 6.45) is 46.0. The van der Waals surface area contributed by atoms with E-state index in [0.717, 1.165) is 82.6 Å². The molecule has 290 valence electrons. The maximum atomic E-state index is 7.78. The van der Waals surface area contributed by atoms with Gasteiger partial charge in [0, 0.05) is 24.0 Å². The zero-order chi connectivity index (χ0) is 34.0. The maximum Gasteiger partial charge on any atom is 0.0766 e. The van der Waals surface area contributed by atoms with Crippen LogP contribution in [0.15, 0.2) is 0 Å². The summed E-state index contributed by atoms with van der Waals surface area (Å²) in [5.74, 6) is 11.9. The highest BCUT2D eigenvalue weighted by Gasteiger charge is 2.72. The number of hydrogen-bond donors (Lipinski definition) is 0. The first-order valence-electron chi connectivity index (χ1n) is 24.9. The summed E-state index contributed by atoms with van der Waals surface area (Å²) in [7, 11) is 0. The topological polar surface area (TPSA) is 21.7 Å². The van der Waals surface area contributed by atoms with Crippen molar-refractivity contribution in [3.05, 3.63) is 0 Å². The van der Waals surface area contributed by atoms with Gasteiger partial charge in [0.05, 0.1) is 24.4 Å². The Bertz CT molecular complexity index is 1260. The monoisotopic (exact) mass is 712 g/mol. The van der Waals surface area contributed by atoms with Crippen molar-refractivity contribution in [2.45, 2.75) is 229 Å². The van der Waals surface area contributed by atoms with Crippen molar-refractivity contribution in [1.82, 2.24) is 4.90 Å². The number of ether oxygens (including phenoxy) is 2. The highest BCUT2D eigenvalue weighted by atomic mass is 16.5. The third kappa shape index (κ3) is 4.90. The Morgan fingerprint density at radius 1 is 0.346 bits per heavy atom. The summed E-state index contributed by atoms with van der Waals surface area (Å²) >= 11 is 0. The van der Waals surface area contributed by atoms with Crippen LogP contribution in [0, 0.1) is 76.4 Å². The summed E-state index contributed by atoms with van der Waals surface area (Å²) in [5.41, 5.74) is 0.727. The van der Waals surface area contributed by atoms with E-state index in [1.165, 1.54) is 96.3 Å². The van der Waals surface area contributed by atoms with Crippen molar-refractivity contribution in [2.75, 3.05) is 0 Å². The van der Waals surface area contributed by atoms with Crippen LogP contribution in [-0.4, -0.2) is 47.4 Å². The third-order valence-corrected chi connectivity index (χ3v) is 21.1. The van der Waals surface area contributed by atoms with Gasteiger partial charge in [0.1, 0.15) is 0 Å². The molecule has 52 heavy (non-hydrogen) atoms. The van der Waals surface area contributed by atoms with Gasteiger partial charge in [-0.3, -0.25) is 4.90 Å². The zero-order valence-electron chi connectivity index (χ0n) is 33.2. The molecule has 18 atom stereocenters. The lowest BCUT2D eigenvalue weighted by atomic mass is 9.52. The van der Waals surface area contributed by atoms with Gasteiger partial charge in [-0.25, -0.2) is 0 Å². The van der Waals surface area contributed by atoms with Gasteiger partial charge in [-0.1, -0.05) is 77.0 Å². The van der Waals surface area contributed by atoms with Crippen molar-refractivity contribution in [3.8, 4) is 0 Å². The highest BCUT2D eigenvalue weighted by Crippen LogP contribution is 2.77. The van der Waals surface area contributed by atoms with E-state index < -0.39 is 0 Å². The minimum absolute atomic E-state index is 0.512. The van der Waals surface area contributed by atoms with E-state index >= 15 is 0 Å². The van der Waals surface area contributed by atoms with Crippen LogP contribution >= 0.6 is 0 Å². The summed E-state index contributed by atoms with van der Waals surface area (Å²) in [5, 5.41) is 0. The lowest BCUT2D eigenvalue weighted by Crippen LogP contribution is -2.59. The fourth-order valence-corrected chi connectivity index (χ4v) is 20.1. The van der Waals surface area contributed by atoms with E-state index in [1.54, 1.807) is 89.9 Å². The average molecular weight is 712 g/mol. The average Bonchev–Trinajstić information content (AvgIpc) is 3.94. The first-order valence-corrected chi connectivity index (χ1v) is 24.9. The SMILES string of the molecule is C1CCC(N(C2CCC3C4CCCCC4C4(C5CCCCC5C5CCCCC54)C3C2)C2CCCC3C4CCC5OC6CCCCC6C5C4OC32)CC1. The fourth-order valence-electron chi connectivity index (χ4n) is 20.1. The van der Waals surface area contributed by atoms with E-state index in [-0.39, 0.29) is 0 Å². The van der Waals surface area contributed by atoms with E-state index in [0.29, 0.717) is 36.4 Å². The Morgan fingerprint density at radius 3 is 1.62 bits per heavy atom. The molecule has 0 N–H and O–H groups in total. The van der Waals surface area contributed by atoms with Gasteiger partial charge in [0.2, 0.25) is 0 Å². The van der Waals surface area contributed by atoms with Crippen molar-refractivity contribution < 1.29 is 9.47 Å². The molecule has 2 aliphatic heterocycles. The van der Waals surface area contributed by atoms with Gasteiger partial charge in [0.25, 0.3) is 0 Å². The van der Waals surface area contributed by atoms with E-state index in [2.05, 4.69) is 4.90 Å². The Kier molecular flexibility index (Phi) is 8.81. The Morgan fingerprint density at radius 2 is 0.904 bits per heavy atom. The molecule has 18 unspecified atom stereocenters. The predicted octanol–water partition coefficient (Wildman–Crippen LogP) is 11.8. The number of rotatable bonds is 3. The largest absolute Gasteiger partial charge is 0.374 e. The molecule has 0 aromatic rings. The molecule has 0 aromatic heterocycles. The van der Waals surface area contributed by atoms with Gasteiger partial charge < -0.3 is 9.47 Å². The molecule has 1 spiro atoms. The number of nitrogens with zero attached hydrogens (tertiary/aromatic N) is 1. The molecule has 0 amide bonds. The Hall–Kier alpha value is -0.120. The van der Waals surface area contributed by atoms with Crippen molar-refractivity contribution >= 4 is 0 Å². The van der Waals surface area contributed by atoms with Crippen molar-refractivity contribution in [1.29, 1.82) is 0 Å². The van der Waals surface area contributed by atoms with Crippen LogP contribution in [0.4, 0.5) is 0 Å². The predicted molar refractivity (Wildman–Crippen MR) is 209 cm³/mol. The van der Waals surface area contributed by atoms with E-state index in [4.69, 9.17) is 9.47 Å². The third-order valence-electron chi connectivity index (χ3n) is 21.1. The molecule has 12 aliphatic rings. The second-order valence-corrected chi connectivity index (χ2v) is 22.3. The molecular formula is C49H77NO2. The van der Waals surface area contributed by atoms with Crippen LogP contribution in [0.3, 0.4) is 0 Å². The molecule has 2 heterocycles. The normalized spacial score (nSPS) is 56.9. The molecule has 12 rings (SSSR count). The lowest BCUT2D eigenvalue weighted by molar-refractivity contribution is -0.111. The van der Waals surface area contributed by atoms with Gasteiger partial charge in [-0.05, 0) is 180 Å². The van der Waals surface area contributed by atoms with Crippen LogP contribution in [0.1, 0.15) is 186 Å². The summed E-state index contributed by atoms with van der Waals surface area (Å²) in [6, 6.07) is 2.37. The number of fused-ring (bicyclic) bond motifs is 17. The standard InChI is InChI=1S/C49H77NO2/c1-2-13-30(14-3-1)50(43-23-12-19-36-37-27-28-45-46(48(37)52-47(36)43)38-18-7-11-24-44(38)51-45)31-25-26-35-34-17-6-10-22-41(34)49(42(35)29-31)39-20-8-4-15-32(39)33-16-5-9-21-40(33)49/h30-48H,1-29H2. The Labute approximate surface area is 318 Å². The van der Waals surface area contributed by atoms with Gasteiger partial charge in [-0.2, -0.15) is 0 Å². The highest BCUT2D eigenvalue weighted by molar-refractivity contribution is 5.20. The van der Waals surface area contributed by atoms with Gasteiger partial charge in [0.15, 0.2) is 0 Å². The molecule has 0 radical (unpaired) electrons. The summed E-state index contributed by atoms with van der Waals surface area (Å²) < 4.78 is 14.7. The second-order valence-electron chi connectivity index (χ2n) is 22.3. The molecule has 10 saturated carbocycles. The first kappa shape index (κ1) is 34.0. The van der Waals surface area contributed by atoms with Crippen LogP contribution in [0.25, 0.3) is 0 Å². The smallest absolute Gasteiger partial charge is 0.0766 e. The first-order chi connectivity index (χ1) is 25.8. The molecule has 12 fully saturated rings. The molecule has 10 aliphatic carbocycles. The molecule has 0 bridgehead atoms. The van der Waals surface area contributed by atoms with Crippen LogP contribution in [0.5, 0.6) is 0 Å². The van der Waals surface area contributed by atoms with Crippen molar-refractivity contribution in [3.63, 3.8) is 0 Å². The van der Waals surface area contributed by atoms with E-state index in [1.807, 2.05) is 0 Å². The zero-order valence-corrected chi connectivity index (χ0v) is 33.2. The van der Waals surface area contributed by atoms with Gasteiger partial charge >= 0.3 is 0 Å². The minimum Gasteiger partial charge on any atom is -0.374 e. The Balaban J connectivity index is 0.892. The van der Waals surface area contributed by atoms with Crippen LogP contribution in [-0.2, 0) is 9.47 Å². The maximum absolute atomic E-state index is 7.78.